The summed E-state index contributed by atoms with van der Waals surface area (Å²) in [5.41, 5.74) is -2.57. The first-order chi connectivity index (χ1) is 19.4. The van der Waals surface area contributed by atoms with Crippen molar-refractivity contribution in [2.45, 2.75) is 52.4 Å². The molecule has 0 saturated heterocycles. The minimum absolute atomic E-state index is 0.0281. The highest BCUT2D eigenvalue weighted by atomic mass is 19.1. The Morgan fingerprint density at radius 3 is 2.05 bits per heavy atom. The summed E-state index contributed by atoms with van der Waals surface area (Å²) in [5, 5.41) is 2.70. The highest BCUT2D eigenvalue weighted by Gasteiger charge is 2.26. The molecule has 0 spiro atoms. The van der Waals surface area contributed by atoms with Crippen LogP contribution < -0.4 is 16.6 Å². The van der Waals surface area contributed by atoms with Gasteiger partial charge in [0.25, 0.3) is 5.56 Å². The number of nitrogens with zero attached hydrogens (tertiary/aromatic N) is 2. The van der Waals surface area contributed by atoms with Crippen molar-refractivity contribution in [1.82, 2.24) is 14.5 Å². The van der Waals surface area contributed by atoms with Gasteiger partial charge in [-0.1, -0.05) is 54.6 Å². The number of alkyl carbamates (subject to hydrolysis) is 1. The fourth-order valence-corrected chi connectivity index (χ4v) is 4.52. The first-order valence-electron chi connectivity index (χ1n) is 12.9. The van der Waals surface area contributed by atoms with Crippen LogP contribution in [-0.4, -0.2) is 20.8 Å². The summed E-state index contributed by atoms with van der Waals surface area (Å²) in [6.07, 6.45) is -0.783. The van der Waals surface area contributed by atoms with Crippen LogP contribution in [0, 0.1) is 24.4 Å². The number of amides is 1. The van der Waals surface area contributed by atoms with Crippen molar-refractivity contribution in [3.05, 3.63) is 128 Å². The van der Waals surface area contributed by atoms with E-state index in [2.05, 4.69) is 5.32 Å². The Morgan fingerprint density at radius 1 is 0.854 bits per heavy atom. The SMILES string of the molecule is Cc1c(-c2ccccc2F)c(=O)n(CC(NC(=O)OC(C)(C)C)c2ccccc2)c(=O)n1Cc1c(F)cccc1F. The maximum Gasteiger partial charge on any atom is 0.408 e. The highest BCUT2D eigenvalue weighted by molar-refractivity contribution is 5.68. The minimum atomic E-state index is -0.925. The number of nitrogens with one attached hydrogen (secondary N) is 1. The molecule has 1 unspecified atom stereocenters. The average Bonchev–Trinajstić information content (AvgIpc) is 2.90. The largest absolute Gasteiger partial charge is 0.444 e. The lowest BCUT2D eigenvalue weighted by molar-refractivity contribution is 0.0497. The minimum Gasteiger partial charge on any atom is -0.444 e. The van der Waals surface area contributed by atoms with E-state index in [0.29, 0.717) is 5.56 Å². The molecule has 1 atom stereocenters. The standard InChI is InChI=1S/C31H30F3N3O4/c1-19-27(21-13-8-9-14-23(21)32)28(38)37(30(40)36(19)17-22-24(33)15-10-16-25(22)34)18-26(20-11-6-5-7-12-20)35-29(39)41-31(2,3)4/h5-16,26H,17-18H2,1-4H3,(H,35,39). The zero-order valence-corrected chi connectivity index (χ0v) is 23.1. The molecular weight excluding hydrogens is 535 g/mol. The van der Waals surface area contributed by atoms with Gasteiger partial charge < -0.3 is 10.1 Å². The van der Waals surface area contributed by atoms with Gasteiger partial charge in [-0.3, -0.25) is 13.9 Å². The van der Waals surface area contributed by atoms with E-state index < -0.39 is 58.5 Å². The van der Waals surface area contributed by atoms with E-state index in [1.165, 1.54) is 37.3 Å². The first-order valence-corrected chi connectivity index (χ1v) is 12.9. The van der Waals surface area contributed by atoms with Crippen LogP contribution in [0.15, 0.2) is 82.4 Å². The molecule has 4 rings (SSSR count). The van der Waals surface area contributed by atoms with Gasteiger partial charge in [0.1, 0.15) is 23.1 Å². The molecule has 0 aliphatic rings. The Balaban J connectivity index is 1.92. The van der Waals surface area contributed by atoms with Crippen molar-refractivity contribution >= 4 is 6.09 Å². The second-order valence-electron chi connectivity index (χ2n) is 10.5. The molecule has 0 radical (unpaired) electrons. The summed E-state index contributed by atoms with van der Waals surface area (Å²) in [4.78, 5) is 40.4. The summed E-state index contributed by atoms with van der Waals surface area (Å²) in [7, 11) is 0. The Hall–Kier alpha value is -4.60. The van der Waals surface area contributed by atoms with Crippen molar-refractivity contribution in [1.29, 1.82) is 0 Å². The predicted octanol–water partition coefficient (Wildman–Crippen LogP) is 5.72. The summed E-state index contributed by atoms with van der Waals surface area (Å²) in [6, 6.07) is 16.5. The molecule has 1 N–H and O–H groups in total. The molecule has 10 heteroatoms. The third-order valence-electron chi connectivity index (χ3n) is 6.47. The lowest BCUT2D eigenvalue weighted by Crippen LogP contribution is -2.46. The number of hydrogen-bond donors (Lipinski definition) is 1. The van der Waals surface area contributed by atoms with Crippen LogP contribution in [0.5, 0.6) is 0 Å². The molecule has 41 heavy (non-hydrogen) atoms. The Bertz CT molecular complexity index is 1670. The van der Waals surface area contributed by atoms with E-state index in [1.807, 2.05) is 0 Å². The molecule has 3 aromatic carbocycles. The maximum atomic E-state index is 15.0. The number of rotatable bonds is 7. The normalized spacial score (nSPS) is 12.2. The van der Waals surface area contributed by atoms with E-state index >= 15 is 0 Å². The van der Waals surface area contributed by atoms with Gasteiger partial charge in [-0.25, -0.2) is 22.8 Å². The summed E-state index contributed by atoms with van der Waals surface area (Å²) in [5.74, 6) is -2.47. The van der Waals surface area contributed by atoms with Crippen LogP contribution in [0.2, 0.25) is 0 Å². The topological polar surface area (TPSA) is 82.3 Å². The number of aromatic nitrogens is 2. The second kappa shape index (κ2) is 11.9. The zero-order valence-electron chi connectivity index (χ0n) is 23.1. The highest BCUT2D eigenvalue weighted by Crippen LogP contribution is 2.24. The van der Waals surface area contributed by atoms with Crippen molar-refractivity contribution in [3.8, 4) is 11.1 Å². The van der Waals surface area contributed by atoms with Gasteiger partial charge >= 0.3 is 11.8 Å². The van der Waals surface area contributed by atoms with Gasteiger partial charge in [0, 0.05) is 16.8 Å². The Morgan fingerprint density at radius 2 is 1.44 bits per heavy atom. The fourth-order valence-electron chi connectivity index (χ4n) is 4.52. The number of hydrogen-bond acceptors (Lipinski definition) is 4. The lowest BCUT2D eigenvalue weighted by atomic mass is 10.0. The Labute approximate surface area is 234 Å². The molecule has 0 fully saturated rings. The number of ether oxygens (including phenoxy) is 1. The van der Waals surface area contributed by atoms with Crippen LogP contribution in [0.1, 0.15) is 43.6 Å². The second-order valence-corrected chi connectivity index (χ2v) is 10.5. The summed E-state index contributed by atoms with van der Waals surface area (Å²) < 4.78 is 51.5. The van der Waals surface area contributed by atoms with Gasteiger partial charge in [0.15, 0.2) is 0 Å². The molecule has 0 saturated carbocycles. The van der Waals surface area contributed by atoms with Crippen LogP contribution in [0.4, 0.5) is 18.0 Å². The van der Waals surface area contributed by atoms with Crippen molar-refractivity contribution in [3.63, 3.8) is 0 Å². The number of benzene rings is 3. The van der Waals surface area contributed by atoms with E-state index in [4.69, 9.17) is 4.74 Å². The summed E-state index contributed by atoms with van der Waals surface area (Å²) in [6.45, 7) is 5.56. The van der Waals surface area contributed by atoms with E-state index in [1.54, 1.807) is 51.1 Å². The molecule has 0 bridgehead atoms. The molecule has 1 aromatic heterocycles. The quantitative estimate of drug-likeness (QED) is 0.311. The van der Waals surface area contributed by atoms with E-state index in [-0.39, 0.29) is 23.4 Å². The number of halogens is 3. The third kappa shape index (κ3) is 6.59. The third-order valence-corrected chi connectivity index (χ3v) is 6.47. The fraction of sp³-hybridized carbons (Fsp3) is 0.258. The van der Waals surface area contributed by atoms with E-state index in [9.17, 15) is 27.6 Å². The van der Waals surface area contributed by atoms with Crippen molar-refractivity contribution in [2.75, 3.05) is 0 Å². The molecule has 0 aliphatic carbocycles. The number of carbonyl (C=O) groups is 1. The van der Waals surface area contributed by atoms with Crippen LogP contribution >= 0.6 is 0 Å². The lowest BCUT2D eigenvalue weighted by Gasteiger charge is -2.25. The summed E-state index contributed by atoms with van der Waals surface area (Å²) >= 11 is 0. The van der Waals surface area contributed by atoms with Gasteiger partial charge in [0.05, 0.1) is 24.7 Å². The monoisotopic (exact) mass is 565 g/mol. The molecule has 4 aromatic rings. The van der Waals surface area contributed by atoms with E-state index in [0.717, 1.165) is 21.3 Å². The van der Waals surface area contributed by atoms with Crippen molar-refractivity contribution in [2.24, 2.45) is 0 Å². The first kappa shape index (κ1) is 29.4. The van der Waals surface area contributed by atoms with Gasteiger partial charge in [-0.05, 0) is 51.5 Å². The van der Waals surface area contributed by atoms with Gasteiger partial charge in [-0.2, -0.15) is 0 Å². The average molecular weight is 566 g/mol. The molecule has 1 amide bonds. The van der Waals surface area contributed by atoms with Crippen LogP contribution in [-0.2, 0) is 17.8 Å². The maximum absolute atomic E-state index is 15.0. The predicted molar refractivity (Wildman–Crippen MR) is 149 cm³/mol. The van der Waals surface area contributed by atoms with Crippen LogP contribution in [0.3, 0.4) is 0 Å². The van der Waals surface area contributed by atoms with Crippen LogP contribution in [0.25, 0.3) is 11.1 Å². The molecular formula is C31H30F3N3O4. The Kier molecular flexibility index (Phi) is 8.51. The smallest absolute Gasteiger partial charge is 0.408 e. The molecule has 7 nitrogen and oxygen atoms in total. The number of carbonyl (C=O) groups excluding carboxylic acids is 1. The van der Waals surface area contributed by atoms with Gasteiger partial charge in [0.2, 0.25) is 0 Å². The molecule has 0 aliphatic heterocycles. The molecule has 214 valence electrons. The van der Waals surface area contributed by atoms with Crippen molar-refractivity contribution < 1.29 is 22.7 Å². The molecule has 1 heterocycles. The zero-order chi connectivity index (χ0) is 29.9. The van der Waals surface area contributed by atoms with Gasteiger partial charge in [-0.15, -0.1) is 0 Å².